The van der Waals surface area contributed by atoms with Crippen molar-refractivity contribution in [2.24, 2.45) is 0 Å². The lowest BCUT2D eigenvalue weighted by Gasteiger charge is -2.19. The van der Waals surface area contributed by atoms with Gasteiger partial charge in [-0.1, -0.05) is 0 Å². The summed E-state index contributed by atoms with van der Waals surface area (Å²) in [7, 11) is 0. The van der Waals surface area contributed by atoms with Crippen molar-refractivity contribution >= 4 is 32.5 Å². The number of benzene rings is 1. The number of anilines is 1. The molecule has 94 valence electrons. The number of nitrogen functional groups attached to an aromatic ring is 1. The molecule has 0 radical (unpaired) electrons. The molecule has 2 nitrogen and oxygen atoms in total. The lowest BCUT2D eigenvalue weighted by atomic mass is 9.93. The van der Waals surface area contributed by atoms with Crippen molar-refractivity contribution < 1.29 is 8.78 Å². The summed E-state index contributed by atoms with van der Waals surface area (Å²) in [5.74, 6) is -1.31. The van der Waals surface area contributed by atoms with E-state index in [0.29, 0.717) is 11.1 Å². The van der Waals surface area contributed by atoms with Crippen LogP contribution < -0.4 is 5.73 Å². The Morgan fingerprint density at radius 1 is 1.17 bits per heavy atom. The Balaban J connectivity index is 2.46. The molecule has 1 heterocycles. The third-order valence-electron chi connectivity index (χ3n) is 3.43. The van der Waals surface area contributed by atoms with Crippen molar-refractivity contribution in [3.05, 3.63) is 33.4 Å². The number of nitrogens with two attached hydrogens (primary N) is 1. The molecule has 1 aromatic heterocycles. The fourth-order valence-electron chi connectivity index (χ4n) is 2.53. The Bertz CT molecular complexity index is 655. The van der Waals surface area contributed by atoms with Gasteiger partial charge in [0.25, 0.3) is 0 Å². The highest BCUT2D eigenvalue weighted by Crippen LogP contribution is 2.37. The number of fused-ring (bicyclic) bond motifs is 2. The molecule has 2 aromatic rings. The summed E-state index contributed by atoms with van der Waals surface area (Å²) >= 11 is 3.13. The molecule has 0 atom stereocenters. The maximum Gasteiger partial charge on any atom is 0.152 e. The second-order valence-electron chi connectivity index (χ2n) is 4.54. The van der Waals surface area contributed by atoms with Crippen molar-refractivity contribution in [2.45, 2.75) is 25.7 Å². The first-order chi connectivity index (χ1) is 8.59. The fourth-order valence-corrected chi connectivity index (χ4v) is 3.05. The Morgan fingerprint density at radius 3 is 2.67 bits per heavy atom. The van der Waals surface area contributed by atoms with Crippen LogP contribution in [0.3, 0.4) is 0 Å². The van der Waals surface area contributed by atoms with Gasteiger partial charge in [-0.25, -0.2) is 13.8 Å². The molecule has 0 spiro atoms. The third kappa shape index (κ3) is 1.61. The van der Waals surface area contributed by atoms with Crippen LogP contribution in [-0.4, -0.2) is 4.98 Å². The first kappa shape index (κ1) is 11.8. The summed E-state index contributed by atoms with van der Waals surface area (Å²) in [5, 5.41) is 0.355. The van der Waals surface area contributed by atoms with Crippen LogP contribution in [-0.2, 0) is 12.8 Å². The Labute approximate surface area is 111 Å². The minimum absolute atomic E-state index is 0.154. The highest BCUT2D eigenvalue weighted by Gasteiger charge is 2.21. The predicted octanol–water partition coefficient (Wildman–Crippen LogP) is 3.74. The lowest BCUT2D eigenvalue weighted by Crippen LogP contribution is -2.10. The number of pyridine rings is 1. The van der Waals surface area contributed by atoms with E-state index >= 15 is 0 Å². The Morgan fingerprint density at radius 2 is 1.89 bits per heavy atom. The van der Waals surface area contributed by atoms with Crippen molar-refractivity contribution in [3.63, 3.8) is 0 Å². The van der Waals surface area contributed by atoms with Gasteiger partial charge >= 0.3 is 0 Å². The first-order valence-corrected chi connectivity index (χ1v) is 6.63. The topological polar surface area (TPSA) is 38.9 Å². The zero-order valence-corrected chi connectivity index (χ0v) is 11.2. The van der Waals surface area contributed by atoms with Crippen molar-refractivity contribution in [1.82, 2.24) is 4.98 Å². The van der Waals surface area contributed by atoms with E-state index in [4.69, 9.17) is 5.73 Å². The van der Waals surface area contributed by atoms with Crippen molar-refractivity contribution in [1.29, 1.82) is 0 Å². The normalized spacial score (nSPS) is 14.8. The van der Waals surface area contributed by atoms with E-state index in [1.54, 1.807) is 0 Å². The summed E-state index contributed by atoms with van der Waals surface area (Å²) in [6.07, 6.45) is 3.72. The molecule has 0 aliphatic heterocycles. The molecular formula is C13H11BrF2N2. The smallest absolute Gasteiger partial charge is 0.152 e. The van der Waals surface area contributed by atoms with Gasteiger partial charge < -0.3 is 5.73 Å². The second kappa shape index (κ2) is 4.16. The van der Waals surface area contributed by atoms with E-state index in [1.807, 2.05) is 0 Å². The molecule has 18 heavy (non-hydrogen) atoms. The van der Waals surface area contributed by atoms with E-state index in [-0.39, 0.29) is 9.99 Å². The molecule has 0 unspecified atom stereocenters. The van der Waals surface area contributed by atoms with Gasteiger partial charge in [0.15, 0.2) is 5.82 Å². The number of hydrogen-bond acceptors (Lipinski definition) is 2. The van der Waals surface area contributed by atoms with Gasteiger partial charge in [0.2, 0.25) is 0 Å². The molecule has 1 aliphatic carbocycles. The average Bonchev–Trinajstić information content (AvgIpc) is 2.36. The van der Waals surface area contributed by atoms with Crippen LogP contribution in [0.25, 0.3) is 10.9 Å². The molecular weight excluding hydrogens is 302 g/mol. The Kier molecular flexibility index (Phi) is 2.73. The summed E-state index contributed by atoms with van der Waals surface area (Å²) < 4.78 is 27.5. The van der Waals surface area contributed by atoms with Crippen LogP contribution in [0, 0.1) is 11.6 Å². The van der Waals surface area contributed by atoms with Gasteiger partial charge in [0, 0.05) is 22.8 Å². The summed E-state index contributed by atoms with van der Waals surface area (Å²) in [5.41, 5.74) is 8.48. The monoisotopic (exact) mass is 312 g/mol. The largest absolute Gasteiger partial charge is 0.398 e. The van der Waals surface area contributed by atoms with Crippen LogP contribution in [0.1, 0.15) is 24.1 Å². The van der Waals surface area contributed by atoms with E-state index in [0.717, 1.165) is 43.0 Å². The number of nitrogens with zero attached hydrogens (tertiary/aromatic N) is 1. The predicted molar refractivity (Wildman–Crippen MR) is 70.4 cm³/mol. The molecule has 0 fully saturated rings. The minimum Gasteiger partial charge on any atom is -0.398 e. The summed E-state index contributed by atoms with van der Waals surface area (Å²) in [4.78, 5) is 4.33. The minimum atomic E-state index is -0.661. The van der Waals surface area contributed by atoms with E-state index in [2.05, 4.69) is 20.9 Å². The molecule has 1 aliphatic rings. The van der Waals surface area contributed by atoms with Gasteiger partial charge in [-0.2, -0.15) is 0 Å². The van der Waals surface area contributed by atoms with E-state index in [9.17, 15) is 8.78 Å². The van der Waals surface area contributed by atoms with Gasteiger partial charge in [-0.15, -0.1) is 0 Å². The van der Waals surface area contributed by atoms with Crippen LogP contribution in [0.4, 0.5) is 14.5 Å². The maximum absolute atomic E-state index is 13.8. The van der Waals surface area contributed by atoms with Crippen molar-refractivity contribution in [2.75, 3.05) is 5.73 Å². The molecule has 0 saturated heterocycles. The number of hydrogen-bond donors (Lipinski definition) is 1. The first-order valence-electron chi connectivity index (χ1n) is 5.84. The zero-order chi connectivity index (χ0) is 12.9. The molecule has 0 bridgehead atoms. The molecule has 2 N–H and O–H groups in total. The molecule has 0 saturated carbocycles. The molecule has 0 amide bonds. The standard InChI is InChI=1S/C13H11BrF2N2/c14-11-7(15)5-8(16)13-10(11)12(17)6-3-1-2-4-9(6)18-13/h5H,1-4H2,(H2,17,18). The van der Waals surface area contributed by atoms with Gasteiger partial charge in [-0.05, 0) is 47.2 Å². The highest BCUT2D eigenvalue weighted by molar-refractivity contribution is 9.10. The SMILES string of the molecule is Nc1c2c(nc3c(F)cc(F)c(Br)c13)CCCC2. The number of halogens is 3. The van der Waals surface area contributed by atoms with Gasteiger partial charge in [0.05, 0.1) is 4.47 Å². The van der Waals surface area contributed by atoms with Crippen molar-refractivity contribution in [3.8, 4) is 0 Å². The highest BCUT2D eigenvalue weighted by atomic mass is 79.9. The fraction of sp³-hybridized carbons (Fsp3) is 0.308. The molecule has 3 rings (SSSR count). The summed E-state index contributed by atoms with van der Waals surface area (Å²) in [6, 6.07) is 0.841. The Hall–Kier alpha value is -1.23. The quantitative estimate of drug-likeness (QED) is 0.753. The van der Waals surface area contributed by atoms with Gasteiger partial charge in [0.1, 0.15) is 11.3 Å². The third-order valence-corrected chi connectivity index (χ3v) is 4.20. The number of aromatic nitrogens is 1. The zero-order valence-electron chi connectivity index (χ0n) is 9.56. The van der Waals surface area contributed by atoms with Crippen LogP contribution in [0.15, 0.2) is 10.5 Å². The summed E-state index contributed by atoms with van der Waals surface area (Å²) in [6.45, 7) is 0. The van der Waals surface area contributed by atoms with Crippen LogP contribution in [0.2, 0.25) is 0 Å². The van der Waals surface area contributed by atoms with E-state index in [1.165, 1.54) is 0 Å². The van der Waals surface area contributed by atoms with Gasteiger partial charge in [-0.3, -0.25) is 0 Å². The average molecular weight is 313 g/mol. The lowest BCUT2D eigenvalue weighted by molar-refractivity contribution is 0.585. The van der Waals surface area contributed by atoms with Crippen LogP contribution in [0.5, 0.6) is 0 Å². The number of rotatable bonds is 0. The number of aryl methyl sites for hydroxylation is 1. The molecule has 1 aromatic carbocycles. The molecule has 5 heteroatoms. The second-order valence-corrected chi connectivity index (χ2v) is 5.33. The maximum atomic E-state index is 13.8. The van der Waals surface area contributed by atoms with E-state index < -0.39 is 11.6 Å². The van der Waals surface area contributed by atoms with Crippen LogP contribution >= 0.6 is 15.9 Å².